The molecule has 8 heteroatoms. The van der Waals surface area contributed by atoms with Crippen LogP contribution in [0.2, 0.25) is 0 Å². The van der Waals surface area contributed by atoms with Crippen LogP contribution < -0.4 is 10.3 Å². The van der Waals surface area contributed by atoms with Crippen LogP contribution in [-0.4, -0.2) is 26.4 Å². The van der Waals surface area contributed by atoms with Crippen LogP contribution in [0.15, 0.2) is 27.6 Å². The molecule has 2 aromatic heterocycles. The minimum atomic E-state index is -0.443. The summed E-state index contributed by atoms with van der Waals surface area (Å²) < 4.78 is 21.3. The highest BCUT2D eigenvalue weighted by Gasteiger charge is 2.15. The van der Waals surface area contributed by atoms with Crippen molar-refractivity contribution in [2.45, 2.75) is 13.8 Å². The summed E-state index contributed by atoms with van der Waals surface area (Å²) in [6.45, 7) is 3.91. The van der Waals surface area contributed by atoms with Gasteiger partial charge in [-0.2, -0.15) is 4.98 Å². The average molecular weight is 367 g/mol. The van der Waals surface area contributed by atoms with Gasteiger partial charge in [-0.25, -0.2) is 9.07 Å². The number of hydrogen-bond acceptors (Lipinski definition) is 4. The Kier molecular flexibility index (Phi) is 3.69. The Morgan fingerprint density at radius 2 is 2.23 bits per heavy atom. The quantitative estimate of drug-likeness (QED) is 0.773. The van der Waals surface area contributed by atoms with E-state index in [9.17, 15) is 9.18 Å². The monoisotopic (exact) mass is 366 g/mol. The fourth-order valence-corrected chi connectivity index (χ4v) is 2.74. The first-order valence-corrected chi connectivity index (χ1v) is 7.37. The average Bonchev–Trinajstić information content (AvgIpc) is 2.82. The standard InChI is InChI=1S/C14H12BrFN4O2/c1-3-22-14-17-12-9(13(21)18-14)6-20(19-12)11-7(2)4-8(15)5-10(11)16/h4-6H,3H2,1-2H3,(H,17,18,19,21). The normalized spacial score (nSPS) is 11.1. The fraction of sp³-hybridized carbons (Fsp3) is 0.214. The molecule has 6 nitrogen and oxygen atoms in total. The maximum Gasteiger partial charge on any atom is 0.298 e. The highest BCUT2D eigenvalue weighted by Crippen LogP contribution is 2.24. The summed E-state index contributed by atoms with van der Waals surface area (Å²) in [5.41, 5.74) is 0.781. The van der Waals surface area contributed by atoms with Crippen LogP contribution in [0.4, 0.5) is 4.39 Å². The minimum absolute atomic E-state index is 0.0956. The number of nitrogens with zero attached hydrogens (tertiary/aromatic N) is 3. The zero-order valence-corrected chi connectivity index (χ0v) is 13.4. The number of nitrogens with one attached hydrogen (secondary N) is 1. The first kappa shape index (κ1) is 14.7. The smallest absolute Gasteiger partial charge is 0.298 e. The van der Waals surface area contributed by atoms with Crippen molar-refractivity contribution in [3.05, 3.63) is 44.5 Å². The van der Waals surface area contributed by atoms with Crippen LogP contribution in [0.5, 0.6) is 6.01 Å². The van der Waals surface area contributed by atoms with E-state index in [0.29, 0.717) is 16.6 Å². The number of ether oxygens (including phenoxy) is 1. The molecule has 0 radical (unpaired) electrons. The molecule has 0 saturated heterocycles. The lowest BCUT2D eigenvalue weighted by atomic mass is 10.2. The van der Waals surface area contributed by atoms with Gasteiger partial charge in [-0.1, -0.05) is 15.9 Å². The lowest BCUT2D eigenvalue weighted by molar-refractivity contribution is 0.313. The minimum Gasteiger partial charge on any atom is -0.465 e. The van der Waals surface area contributed by atoms with Gasteiger partial charge in [0, 0.05) is 10.7 Å². The molecule has 0 fully saturated rings. The lowest BCUT2D eigenvalue weighted by Gasteiger charge is -2.07. The Bertz CT molecular complexity index is 896. The largest absolute Gasteiger partial charge is 0.465 e. The molecule has 1 aromatic carbocycles. The molecule has 22 heavy (non-hydrogen) atoms. The summed E-state index contributed by atoms with van der Waals surface area (Å²) in [5.74, 6) is -0.443. The zero-order chi connectivity index (χ0) is 15.9. The van der Waals surface area contributed by atoms with Crippen LogP contribution in [0.3, 0.4) is 0 Å². The van der Waals surface area contributed by atoms with Gasteiger partial charge in [0.25, 0.3) is 11.6 Å². The van der Waals surface area contributed by atoms with Gasteiger partial charge in [-0.3, -0.25) is 9.78 Å². The molecule has 0 saturated carbocycles. The number of fused-ring (bicyclic) bond motifs is 1. The number of aromatic amines is 1. The van der Waals surface area contributed by atoms with Crippen molar-refractivity contribution in [2.24, 2.45) is 0 Å². The Balaban J connectivity index is 2.21. The summed E-state index contributed by atoms with van der Waals surface area (Å²) in [6.07, 6.45) is 1.45. The van der Waals surface area contributed by atoms with E-state index >= 15 is 0 Å². The first-order valence-electron chi connectivity index (χ1n) is 6.58. The topological polar surface area (TPSA) is 72.8 Å². The SMILES string of the molecule is CCOc1nc2nn(-c3c(C)cc(Br)cc3F)cc2c(=O)[nH]1. The van der Waals surface area contributed by atoms with Crippen LogP contribution in [0.1, 0.15) is 12.5 Å². The predicted molar refractivity (Wildman–Crippen MR) is 83.0 cm³/mol. The highest BCUT2D eigenvalue weighted by atomic mass is 79.9. The molecule has 0 spiro atoms. The molecule has 2 heterocycles. The third-order valence-corrected chi connectivity index (χ3v) is 3.55. The molecule has 3 aromatic rings. The van der Waals surface area contributed by atoms with Gasteiger partial charge in [-0.05, 0) is 31.5 Å². The maximum absolute atomic E-state index is 14.2. The summed E-state index contributed by atoms with van der Waals surface area (Å²) in [4.78, 5) is 18.6. The van der Waals surface area contributed by atoms with Crippen molar-refractivity contribution in [3.63, 3.8) is 0 Å². The van der Waals surface area contributed by atoms with E-state index in [-0.39, 0.29) is 28.3 Å². The van der Waals surface area contributed by atoms with Gasteiger partial charge >= 0.3 is 0 Å². The van der Waals surface area contributed by atoms with Crippen LogP contribution in [-0.2, 0) is 0 Å². The molecule has 0 atom stereocenters. The van der Waals surface area contributed by atoms with Crippen molar-refractivity contribution in [1.82, 2.24) is 19.7 Å². The number of rotatable bonds is 3. The van der Waals surface area contributed by atoms with Crippen LogP contribution in [0, 0.1) is 12.7 Å². The molecule has 0 aliphatic heterocycles. The Hall–Kier alpha value is -2.22. The third kappa shape index (κ3) is 2.50. The van der Waals surface area contributed by atoms with Crippen molar-refractivity contribution < 1.29 is 9.13 Å². The number of benzene rings is 1. The summed E-state index contributed by atoms with van der Waals surface area (Å²) in [7, 11) is 0. The molecule has 3 rings (SSSR count). The Morgan fingerprint density at radius 1 is 1.45 bits per heavy atom. The second-order valence-corrected chi connectivity index (χ2v) is 5.58. The van der Waals surface area contributed by atoms with E-state index in [2.05, 4.69) is 31.0 Å². The molecule has 0 aliphatic rings. The van der Waals surface area contributed by atoms with E-state index in [1.54, 1.807) is 19.9 Å². The van der Waals surface area contributed by atoms with E-state index in [1.807, 2.05) is 0 Å². The van der Waals surface area contributed by atoms with Crippen LogP contribution >= 0.6 is 15.9 Å². The van der Waals surface area contributed by atoms with E-state index in [4.69, 9.17) is 4.74 Å². The molecule has 114 valence electrons. The molecular weight excluding hydrogens is 355 g/mol. The van der Waals surface area contributed by atoms with Gasteiger partial charge in [0.15, 0.2) is 5.65 Å². The molecule has 0 aliphatic carbocycles. The predicted octanol–water partition coefficient (Wildman–Crippen LogP) is 2.72. The summed E-state index contributed by atoms with van der Waals surface area (Å²) in [6, 6.07) is 3.21. The van der Waals surface area contributed by atoms with E-state index in [1.165, 1.54) is 16.9 Å². The van der Waals surface area contributed by atoms with Gasteiger partial charge in [-0.15, -0.1) is 5.10 Å². The van der Waals surface area contributed by atoms with E-state index in [0.717, 1.165) is 0 Å². The van der Waals surface area contributed by atoms with Crippen molar-refractivity contribution in [1.29, 1.82) is 0 Å². The number of H-pyrrole nitrogens is 1. The Morgan fingerprint density at radius 3 is 2.91 bits per heavy atom. The molecule has 0 unspecified atom stereocenters. The molecule has 0 bridgehead atoms. The maximum atomic E-state index is 14.2. The van der Waals surface area contributed by atoms with Gasteiger partial charge in [0.05, 0.1) is 6.61 Å². The van der Waals surface area contributed by atoms with Gasteiger partial charge in [0.2, 0.25) is 0 Å². The second kappa shape index (κ2) is 5.53. The third-order valence-electron chi connectivity index (χ3n) is 3.10. The fourth-order valence-electron chi connectivity index (χ4n) is 2.20. The Labute approximate surface area is 133 Å². The second-order valence-electron chi connectivity index (χ2n) is 4.67. The zero-order valence-electron chi connectivity index (χ0n) is 11.9. The molecule has 0 amide bonds. The lowest BCUT2D eigenvalue weighted by Crippen LogP contribution is -2.09. The number of halogens is 2. The van der Waals surface area contributed by atoms with Crippen molar-refractivity contribution in [2.75, 3.05) is 6.61 Å². The summed E-state index contributed by atoms with van der Waals surface area (Å²) >= 11 is 3.24. The number of aromatic nitrogens is 4. The number of aryl methyl sites for hydroxylation is 1. The number of hydrogen-bond donors (Lipinski definition) is 1. The molecular formula is C14H12BrFN4O2. The van der Waals surface area contributed by atoms with Crippen molar-refractivity contribution in [3.8, 4) is 11.7 Å². The van der Waals surface area contributed by atoms with Gasteiger partial charge in [0.1, 0.15) is 16.9 Å². The first-order chi connectivity index (χ1) is 10.5. The van der Waals surface area contributed by atoms with Crippen LogP contribution in [0.25, 0.3) is 16.7 Å². The highest BCUT2D eigenvalue weighted by molar-refractivity contribution is 9.10. The van der Waals surface area contributed by atoms with Gasteiger partial charge < -0.3 is 4.74 Å². The summed E-state index contributed by atoms with van der Waals surface area (Å²) in [5, 5.41) is 4.46. The van der Waals surface area contributed by atoms with E-state index < -0.39 is 5.82 Å². The van der Waals surface area contributed by atoms with Crippen molar-refractivity contribution >= 4 is 27.0 Å². The molecule has 1 N–H and O–H groups in total.